The number of benzene rings is 1. The van der Waals surface area contributed by atoms with Gasteiger partial charge in [0.05, 0.1) is 24.8 Å². The van der Waals surface area contributed by atoms with Crippen molar-refractivity contribution < 1.29 is 14.3 Å². The predicted molar refractivity (Wildman–Crippen MR) is 99.7 cm³/mol. The fraction of sp³-hybridized carbons (Fsp3) is 0.524. The molecule has 4 rings (SSSR count). The number of rotatable bonds is 3. The van der Waals surface area contributed by atoms with Crippen LogP contribution >= 0.6 is 0 Å². The van der Waals surface area contributed by atoms with Crippen molar-refractivity contribution in [3.8, 4) is 0 Å². The fourth-order valence-electron chi connectivity index (χ4n) is 4.35. The number of amides is 2. The first-order valence-corrected chi connectivity index (χ1v) is 9.63. The Labute approximate surface area is 154 Å². The van der Waals surface area contributed by atoms with Crippen LogP contribution in [0.5, 0.6) is 0 Å². The highest BCUT2D eigenvalue weighted by Crippen LogP contribution is 2.39. The second kappa shape index (κ2) is 7.23. The zero-order valence-electron chi connectivity index (χ0n) is 15.4. The van der Waals surface area contributed by atoms with Crippen LogP contribution in [0.4, 0.5) is 5.69 Å². The van der Waals surface area contributed by atoms with E-state index >= 15 is 0 Å². The number of allylic oxidation sites excluding steroid dienone is 1. The van der Waals surface area contributed by atoms with E-state index in [9.17, 15) is 9.59 Å². The molecule has 1 aromatic rings. The lowest BCUT2D eigenvalue weighted by atomic mass is 9.85. The summed E-state index contributed by atoms with van der Waals surface area (Å²) in [7, 11) is 0. The summed E-state index contributed by atoms with van der Waals surface area (Å²) in [5, 5.41) is 0. The van der Waals surface area contributed by atoms with E-state index in [1.165, 1.54) is 16.2 Å². The molecular formula is C21H26N2O3. The molecule has 26 heavy (non-hydrogen) atoms. The Morgan fingerprint density at radius 1 is 1.00 bits per heavy atom. The maximum Gasteiger partial charge on any atom is 0.241 e. The second-order valence-corrected chi connectivity index (χ2v) is 7.44. The zero-order chi connectivity index (χ0) is 18.1. The lowest BCUT2D eigenvalue weighted by Gasteiger charge is -2.36. The number of morpholine rings is 1. The van der Waals surface area contributed by atoms with E-state index in [2.05, 4.69) is 4.90 Å². The maximum absolute atomic E-state index is 13.2. The Hall–Kier alpha value is -2.14. The highest BCUT2D eigenvalue weighted by molar-refractivity contribution is 6.21. The Balaban J connectivity index is 1.63. The number of hydrogen-bond donors (Lipinski definition) is 0. The first kappa shape index (κ1) is 17.3. The summed E-state index contributed by atoms with van der Waals surface area (Å²) in [4.78, 5) is 29.6. The van der Waals surface area contributed by atoms with E-state index in [-0.39, 0.29) is 17.7 Å². The van der Waals surface area contributed by atoms with E-state index in [4.69, 9.17) is 4.74 Å². The average molecular weight is 354 g/mol. The summed E-state index contributed by atoms with van der Waals surface area (Å²) in [5.74, 6) is -0.424. The quantitative estimate of drug-likeness (QED) is 0.783. The number of ether oxygens (including phenoxy) is 1. The number of nitrogens with zero attached hydrogens (tertiary/aromatic N) is 2. The standard InChI is InChI=1S/C21H26N2O3/c1-15-6-8-16(9-7-15)23-20(24)14-18(21(23)25)17-4-2-3-5-19(17)22-10-12-26-13-11-22/h6-9,18H,2-5,10-14H2,1H3. The maximum atomic E-state index is 13.2. The molecule has 2 amide bonds. The summed E-state index contributed by atoms with van der Waals surface area (Å²) in [6.07, 6.45) is 4.50. The number of aryl methyl sites for hydroxylation is 1. The van der Waals surface area contributed by atoms with E-state index in [0.29, 0.717) is 12.1 Å². The van der Waals surface area contributed by atoms with Crippen molar-refractivity contribution in [3.05, 3.63) is 41.1 Å². The van der Waals surface area contributed by atoms with Gasteiger partial charge in [-0.2, -0.15) is 0 Å². The molecular weight excluding hydrogens is 328 g/mol. The van der Waals surface area contributed by atoms with Crippen LogP contribution < -0.4 is 4.90 Å². The summed E-state index contributed by atoms with van der Waals surface area (Å²) in [6, 6.07) is 7.63. The van der Waals surface area contributed by atoms with E-state index in [1.54, 1.807) is 0 Å². The number of hydrogen-bond acceptors (Lipinski definition) is 4. The minimum absolute atomic E-state index is 0.0542. The predicted octanol–water partition coefficient (Wildman–Crippen LogP) is 3.03. The molecule has 1 aliphatic carbocycles. The SMILES string of the molecule is Cc1ccc(N2C(=O)CC(C3=C(N4CCOCC4)CCCC3)C2=O)cc1. The molecule has 1 atom stereocenters. The summed E-state index contributed by atoms with van der Waals surface area (Å²) < 4.78 is 5.48. The molecule has 2 fully saturated rings. The van der Waals surface area contributed by atoms with Crippen molar-refractivity contribution in [1.82, 2.24) is 4.90 Å². The molecule has 138 valence electrons. The summed E-state index contributed by atoms with van der Waals surface area (Å²) in [5.41, 5.74) is 4.31. The molecule has 2 aliphatic heterocycles. The minimum atomic E-state index is -0.290. The molecule has 5 nitrogen and oxygen atoms in total. The monoisotopic (exact) mass is 354 g/mol. The van der Waals surface area contributed by atoms with Crippen LogP contribution in [0.25, 0.3) is 0 Å². The minimum Gasteiger partial charge on any atom is -0.378 e. The van der Waals surface area contributed by atoms with E-state index in [1.807, 2.05) is 31.2 Å². The second-order valence-electron chi connectivity index (χ2n) is 7.44. The highest BCUT2D eigenvalue weighted by atomic mass is 16.5. The first-order valence-electron chi connectivity index (χ1n) is 9.63. The molecule has 0 bridgehead atoms. The third-order valence-electron chi connectivity index (χ3n) is 5.73. The largest absolute Gasteiger partial charge is 0.378 e. The van der Waals surface area contributed by atoms with Crippen molar-refractivity contribution in [1.29, 1.82) is 0 Å². The lowest BCUT2D eigenvalue weighted by Crippen LogP contribution is -2.38. The zero-order valence-corrected chi connectivity index (χ0v) is 15.4. The van der Waals surface area contributed by atoms with Crippen LogP contribution in [0.2, 0.25) is 0 Å². The van der Waals surface area contributed by atoms with Gasteiger partial charge in [-0.1, -0.05) is 17.7 Å². The Kier molecular flexibility index (Phi) is 4.81. The molecule has 0 aromatic heterocycles. The molecule has 5 heteroatoms. The van der Waals surface area contributed by atoms with Crippen LogP contribution in [-0.2, 0) is 14.3 Å². The van der Waals surface area contributed by atoms with Crippen LogP contribution in [0.15, 0.2) is 35.5 Å². The van der Waals surface area contributed by atoms with E-state index in [0.717, 1.165) is 57.6 Å². The summed E-state index contributed by atoms with van der Waals surface area (Å²) in [6.45, 7) is 5.25. The van der Waals surface area contributed by atoms with Gasteiger partial charge in [-0.3, -0.25) is 14.5 Å². The van der Waals surface area contributed by atoms with Gasteiger partial charge in [-0.15, -0.1) is 0 Å². The van der Waals surface area contributed by atoms with Gasteiger partial charge in [0.15, 0.2) is 0 Å². The Morgan fingerprint density at radius 3 is 2.42 bits per heavy atom. The smallest absolute Gasteiger partial charge is 0.241 e. The molecule has 0 N–H and O–H groups in total. The molecule has 1 aromatic carbocycles. The normalized spacial score (nSPS) is 24.6. The molecule has 2 saturated heterocycles. The first-order chi connectivity index (χ1) is 12.6. The van der Waals surface area contributed by atoms with Crippen molar-refractivity contribution in [2.24, 2.45) is 5.92 Å². The molecule has 0 saturated carbocycles. The number of carbonyl (C=O) groups excluding carboxylic acids is 2. The summed E-state index contributed by atoms with van der Waals surface area (Å²) >= 11 is 0. The van der Waals surface area contributed by atoms with Crippen molar-refractivity contribution in [3.63, 3.8) is 0 Å². The fourth-order valence-corrected chi connectivity index (χ4v) is 4.35. The van der Waals surface area contributed by atoms with Gasteiger partial charge in [-0.05, 0) is 50.3 Å². The third-order valence-corrected chi connectivity index (χ3v) is 5.73. The van der Waals surface area contributed by atoms with Gasteiger partial charge in [0.2, 0.25) is 11.8 Å². The van der Waals surface area contributed by atoms with Gasteiger partial charge in [0.1, 0.15) is 0 Å². The van der Waals surface area contributed by atoms with E-state index < -0.39 is 0 Å². The van der Waals surface area contributed by atoms with Gasteiger partial charge in [-0.25, -0.2) is 0 Å². The van der Waals surface area contributed by atoms with Gasteiger partial charge < -0.3 is 9.64 Å². The van der Waals surface area contributed by atoms with Crippen LogP contribution in [0.3, 0.4) is 0 Å². The Bertz CT molecular complexity index is 732. The third kappa shape index (κ3) is 3.16. The van der Waals surface area contributed by atoms with Crippen molar-refractivity contribution in [2.45, 2.75) is 39.0 Å². The molecule has 0 radical (unpaired) electrons. The van der Waals surface area contributed by atoms with Gasteiger partial charge in [0, 0.05) is 25.2 Å². The van der Waals surface area contributed by atoms with Crippen LogP contribution in [-0.4, -0.2) is 43.0 Å². The van der Waals surface area contributed by atoms with Crippen LogP contribution in [0, 0.1) is 12.8 Å². The van der Waals surface area contributed by atoms with Crippen LogP contribution in [0.1, 0.15) is 37.7 Å². The topological polar surface area (TPSA) is 49.9 Å². The molecule has 0 spiro atoms. The number of carbonyl (C=O) groups is 2. The molecule has 1 unspecified atom stereocenters. The average Bonchev–Trinajstić information content (AvgIpc) is 2.97. The van der Waals surface area contributed by atoms with Crippen molar-refractivity contribution >= 4 is 17.5 Å². The number of imide groups is 1. The Morgan fingerprint density at radius 2 is 1.69 bits per heavy atom. The molecule has 3 aliphatic rings. The lowest BCUT2D eigenvalue weighted by molar-refractivity contribution is -0.121. The van der Waals surface area contributed by atoms with Gasteiger partial charge in [0.25, 0.3) is 0 Å². The molecule has 2 heterocycles. The van der Waals surface area contributed by atoms with Crippen molar-refractivity contribution in [2.75, 3.05) is 31.2 Å². The number of anilines is 1. The van der Waals surface area contributed by atoms with Gasteiger partial charge >= 0.3 is 0 Å². The highest BCUT2D eigenvalue weighted by Gasteiger charge is 2.43.